The highest BCUT2D eigenvalue weighted by Gasteiger charge is 2.41. The standard InChI is InChI=1S/C13H19NO2S/c1-13(2,3)17(15,16)12-7-5-9-4-6-10(14)8-11(9)12/h4,6,8,12H,5,7,14H2,1-3H3. The smallest absolute Gasteiger partial charge is 0.162 e. The van der Waals surface area contributed by atoms with Gasteiger partial charge in [-0.3, -0.25) is 0 Å². The molecule has 1 aromatic rings. The zero-order valence-corrected chi connectivity index (χ0v) is 11.3. The predicted molar refractivity (Wildman–Crippen MR) is 70.6 cm³/mol. The summed E-state index contributed by atoms with van der Waals surface area (Å²) in [6.45, 7) is 5.27. The third-order valence-corrected chi connectivity index (χ3v) is 6.37. The SMILES string of the molecule is CC(C)(C)S(=O)(=O)C1CCc2ccc(N)cc21. The van der Waals surface area contributed by atoms with Crippen LogP contribution in [-0.2, 0) is 16.3 Å². The fraction of sp³-hybridized carbons (Fsp3) is 0.538. The molecule has 4 heteroatoms. The quantitative estimate of drug-likeness (QED) is 0.782. The number of nitrogens with two attached hydrogens (primary N) is 1. The monoisotopic (exact) mass is 253 g/mol. The number of nitrogen functional groups attached to an aromatic ring is 1. The summed E-state index contributed by atoms with van der Waals surface area (Å²) < 4.78 is 24.3. The first-order chi connectivity index (χ1) is 7.73. The molecule has 0 saturated carbocycles. The zero-order valence-electron chi connectivity index (χ0n) is 10.5. The molecule has 17 heavy (non-hydrogen) atoms. The van der Waals surface area contributed by atoms with Crippen molar-refractivity contribution in [2.45, 2.75) is 43.6 Å². The Hall–Kier alpha value is -1.03. The Bertz CT molecular complexity index is 541. The molecule has 1 aliphatic carbocycles. The number of anilines is 1. The number of rotatable bonds is 1. The largest absolute Gasteiger partial charge is 0.399 e. The molecule has 0 saturated heterocycles. The van der Waals surface area contributed by atoms with Gasteiger partial charge in [0.25, 0.3) is 0 Å². The topological polar surface area (TPSA) is 60.2 Å². The summed E-state index contributed by atoms with van der Waals surface area (Å²) in [5.74, 6) is 0. The van der Waals surface area contributed by atoms with E-state index in [0.717, 1.165) is 17.5 Å². The van der Waals surface area contributed by atoms with E-state index in [2.05, 4.69) is 0 Å². The van der Waals surface area contributed by atoms with E-state index in [0.29, 0.717) is 12.1 Å². The maximum Gasteiger partial charge on any atom is 0.162 e. The Balaban J connectivity index is 2.51. The minimum Gasteiger partial charge on any atom is -0.399 e. The number of hydrogen-bond acceptors (Lipinski definition) is 3. The minimum absolute atomic E-state index is 0.388. The molecule has 1 aromatic carbocycles. The van der Waals surface area contributed by atoms with Crippen molar-refractivity contribution in [3.8, 4) is 0 Å². The molecule has 1 aliphatic rings. The second kappa shape index (κ2) is 3.73. The van der Waals surface area contributed by atoms with Crippen molar-refractivity contribution in [1.82, 2.24) is 0 Å². The maximum atomic E-state index is 12.5. The minimum atomic E-state index is -3.16. The molecule has 0 heterocycles. The lowest BCUT2D eigenvalue weighted by Crippen LogP contribution is -2.32. The zero-order chi connectivity index (χ0) is 12.8. The van der Waals surface area contributed by atoms with Crippen LogP contribution in [0, 0.1) is 0 Å². The number of fused-ring (bicyclic) bond motifs is 1. The van der Waals surface area contributed by atoms with Gasteiger partial charge in [0.2, 0.25) is 0 Å². The van der Waals surface area contributed by atoms with Crippen LogP contribution in [0.2, 0.25) is 0 Å². The summed E-state index contributed by atoms with van der Waals surface area (Å²) in [5.41, 5.74) is 8.41. The van der Waals surface area contributed by atoms with Crippen LogP contribution >= 0.6 is 0 Å². The Morgan fingerprint density at radius 3 is 2.53 bits per heavy atom. The summed E-state index contributed by atoms with van der Waals surface area (Å²) in [5, 5.41) is -0.388. The highest BCUT2D eigenvalue weighted by molar-refractivity contribution is 7.93. The van der Waals surface area contributed by atoms with Crippen LogP contribution in [0.15, 0.2) is 18.2 Å². The molecule has 1 unspecified atom stereocenters. The highest BCUT2D eigenvalue weighted by atomic mass is 32.2. The van der Waals surface area contributed by atoms with Gasteiger partial charge in [-0.2, -0.15) is 0 Å². The van der Waals surface area contributed by atoms with Crippen molar-refractivity contribution < 1.29 is 8.42 Å². The fourth-order valence-corrected chi connectivity index (χ4v) is 4.17. The Labute approximate surface area is 103 Å². The van der Waals surface area contributed by atoms with E-state index in [1.165, 1.54) is 0 Å². The van der Waals surface area contributed by atoms with Gasteiger partial charge in [-0.1, -0.05) is 6.07 Å². The molecule has 3 nitrogen and oxygen atoms in total. The molecular weight excluding hydrogens is 234 g/mol. The molecule has 0 bridgehead atoms. The van der Waals surface area contributed by atoms with Gasteiger partial charge in [0.05, 0.1) is 10.00 Å². The van der Waals surface area contributed by atoms with Gasteiger partial charge in [0.15, 0.2) is 9.84 Å². The van der Waals surface area contributed by atoms with Gasteiger partial charge in [-0.05, 0) is 56.9 Å². The third-order valence-electron chi connectivity index (χ3n) is 3.42. The summed E-state index contributed by atoms with van der Waals surface area (Å²) in [7, 11) is -3.16. The molecule has 0 fully saturated rings. The average Bonchev–Trinajstić information content (AvgIpc) is 2.58. The lowest BCUT2D eigenvalue weighted by molar-refractivity contribution is 0.544. The number of hydrogen-bond donors (Lipinski definition) is 1. The Morgan fingerprint density at radius 2 is 1.94 bits per heavy atom. The first kappa shape index (κ1) is 12.4. The van der Waals surface area contributed by atoms with E-state index in [1.54, 1.807) is 20.8 Å². The van der Waals surface area contributed by atoms with Crippen LogP contribution in [0.4, 0.5) is 5.69 Å². The van der Waals surface area contributed by atoms with Crippen LogP contribution in [0.25, 0.3) is 0 Å². The maximum absolute atomic E-state index is 12.5. The van der Waals surface area contributed by atoms with E-state index >= 15 is 0 Å². The van der Waals surface area contributed by atoms with E-state index in [-0.39, 0.29) is 5.25 Å². The molecule has 1 atom stereocenters. The van der Waals surface area contributed by atoms with Gasteiger partial charge in [-0.25, -0.2) is 8.42 Å². The third kappa shape index (κ3) is 1.95. The summed E-state index contributed by atoms with van der Waals surface area (Å²) >= 11 is 0. The molecule has 0 radical (unpaired) electrons. The first-order valence-corrected chi connectivity index (χ1v) is 7.40. The molecule has 0 spiro atoms. The number of aryl methyl sites for hydroxylation is 1. The van der Waals surface area contributed by atoms with Crippen LogP contribution in [0.3, 0.4) is 0 Å². The van der Waals surface area contributed by atoms with Crippen molar-refractivity contribution in [3.05, 3.63) is 29.3 Å². The average molecular weight is 253 g/mol. The fourth-order valence-electron chi connectivity index (χ4n) is 2.33. The van der Waals surface area contributed by atoms with Gasteiger partial charge in [0, 0.05) is 5.69 Å². The summed E-state index contributed by atoms with van der Waals surface area (Å²) in [4.78, 5) is 0. The van der Waals surface area contributed by atoms with Gasteiger partial charge in [-0.15, -0.1) is 0 Å². The van der Waals surface area contributed by atoms with E-state index in [4.69, 9.17) is 5.73 Å². The Kier molecular flexibility index (Phi) is 2.73. The lowest BCUT2D eigenvalue weighted by atomic mass is 10.1. The van der Waals surface area contributed by atoms with Crippen molar-refractivity contribution in [3.63, 3.8) is 0 Å². The van der Waals surface area contributed by atoms with E-state index < -0.39 is 14.6 Å². The second-order valence-corrected chi connectivity index (χ2v) is 8.53. The normalized spacial score (nSPS) is 20.3. The molecule has 2 rings (SSSR count). The molecule has 94 valence electrons. The highest BCUT2D eigenvalue weighted by Crippen LogP contribution is 2.42. The van der Waals surface area contributed by atoms with Crippen molar-refractivity contribution in [2.75, 3.05) is 5.73 Å². The summed E-state index contributed by atoms with van der Waals surface area (Å²) in [6, 6.07) is 5.60. The van der Waals surface area contributed by atoms with Gasteiger partial charge in [0.1, 0.15) is 0 Å². The molecule has 0 aromatic heterocycles. The van der Waals surface area contributed by atoms with E-state index in [1.807, 2.05) is 18.2 Å². The van der Waals surface area contributed by atoms with Crippen molar-refractivity contribution in [2.24, 2.45) is 0 Å². The molecule has 2 N–H and O–H groups in total. The van der Waals surface area contributed by atoms with E-state index in [9.17, 15) is 8.42 Å². The molecular formula is C13H19NO2S. The Morgan fingerprint density at radius 1 is 1.29 bits per heavy atom. The molecule has 0 aliphatic heterocycles. The number of sulfone groups is 1. The first-order valence-electron chi connectivity index (χ1n) is 5.85. The molecule has 0 amide bonds. The summed E-state index contributed by atoms with van der Waals surface area (Å²) in [6.07, 6.45) is 1.51. The lowest BCUT2D eigenvalue weighted by Gasteiger charge is -2.24. The van der Waals surface area contributed by atoms with Crippen LogP contribution < -0.4 is 5.73 Å². The van der Waals surface area contributed by atoms with Crippen LogP contribution in [0.1, 0.15) is 43.6 Å². The second-order valence-electron chi connectivity index (χ2n) is 5.64. The van der Waals surface area contributed by atoms with Crippen LogP contribution in [0.5, 0.6) is 0 Å². The van der Waals surface area contributed by atoms with Crippen LogP contribution in [-0.4, -0.2) is 13.2 Å². The van der Waals surface area contributed by atoms with Crippen molar-refractivity contribution >= 4 is 15.5 Å². The van der Waals surface area contributed by atoms with Crippen molar-refractivity contribution in [1.29, 1.82) is 0 Å². The van der Waals surface area contributed by atoms with Gasteiger partial charge >= 0.3 is 0 Å². The predicted octanol–water partition coefficient (Wildman–Crippen LogP) is 2.47. The van der Waals surface area contributed by atoms with Gasteiger partial charge < -0.3 is 5.73 Å². The number of benzene rings is 1.